The van der Waals surface area contributed by atoms with Crippen molar-refractivity contribution in [2.24, 2.45) is 4.99 Å². The number of hydrogen-bond acceptors (Lipinski definition) is 5. The monoisotopic (exact) mass is 492 g/mol. The van der Waals surface area contributed by atoms with Crippen LogP contribution in [0.25, 0.3) is 6.08 Å². The maximum atomic E-state index is 13.1. The molecule has 0 unspecified atom stereocenters. The number of halogens is 1. The number of carbonyl (C=O) groups is 1. The van der Waals surface area contributed by atoms with Crippen LogP contribution in [0.5, 0.6) is 11.5 Å². The van der Waals surface area contributed by atoms with E-state index in [1.165, 1.54) is 11.8 Å². The van der Waals surface area contributed by atoms with Gasteiger partial charge in [-0.1, -0.05) is 48.0 Å². The molecule has 4 rings (SSSR count). The Kier molecular flexibility index (Phi) is 7.60. The average Bonchev–Trinajstić information content (AvgIpc) is 3.14. The first-order valence-corrected chi connectivity index (χ1v) is 12.1. The SMILES string of the molecule is COc1cc(/C=C2/SC(=Nc3ccccc3)N(C(C)C)C2=O)ccc1OCc1ccc(Cl)cc1. The molecule has 0 atom stereocenters. The third-order valence-corrected chi connectivity index (χ3v) is 6.36. The molecule has 0 aliphatic carbocycles. The molecule has 0 N–H and O–H groups in total. The minimum Gasteiger partial charge on any atom is -0.493 e. The van der Waals surface area contributed by atoms with E-state index < -0.39 is 0 Å². The Morgan fingerprint density at radius 1 is 1.03 bits per heavy atom. The quantitative estimate of drug-likeness (QED) is 0.335. The number of hydrogen-bond donors (Lipinski definition) is 0. The third-order valence-electron chi connectivity index (χ3n) is 5.13. The van der Waals surface area contributed by atoms with Gasteiger partial charge in [0.05, 0.1) is 17.7 Å². The van der Waals surface area contributed by atoms with Crippen LogP contribution < -0.4 is 9.47 Å². The van der Waals surface area contributed by atoms with Crippen molar-refractivity contribution in [3.63, 3.8) is 0 Å². The minimum absolute atomic E-state index is 0.00783. The molecule has 1 fully saturated rings. The summed E-state index contributed by atoms with van der Waals surface area (Å²) in [4.78, 5) is 20.2. The van der Waals surface area contributed by atoms with Crippen molar-refractivity contribution in [2.75, 3.05) is 7.11 Å². The fourth-order valence-corrected chi connectivity index (χ4v) is 4.67. The lowest BCUT2D eigenvalue weighted by Gasteiger charge is -2.19. The van der Waals surface area contributed by atoms with Gasteiger partial charge >= 0.3 is 0 Å². The van der Waals surface area contributed by atoms with Crippen molar-refractivity contribution >= 4 is 46.2 Å². The number of rotatable bonds is 7. The van der Waals surface area contributed by atoms with Crippen LogP contribution in [0, 0.1) is 0 Å². The van der Waals surface area contributed by atoms with Gasteiger partial charge in [0.1, 0.15) is 6.61 Å². The van der Waals surface area contributed by atoms with Crippen LogP contribution in [0.1, 0.15) is 25.0 Å². The van der Waals surface area contributed by atoms with E-state index in [-0.39, 0.29) is 11.9 Å². The highest BCUT2D eigenvalue weighted by Gasteiger charge is 2.35. The second kappa shape index (κ2) is 10.8. The molecule has 1 amide bonds. The molecule has 1 aliphatic rings. The Labute approximate surface area is 209 Å². The van der Waals surface area contributed by atoms with E-state index in [1.807, 2.05) is 92.7 Å². The number of para-hydroxylation sites is 1. The fourth-order valence-electron chi connectivity index (χ4n) is 3.42. The Morgan fingerprint density at radius 2 is 1.76 bits per heavy atom. The highest BCUT2D eigenvalue weighted by Crippen LogP contribution is 2.37. The van der Waals surface area contributed by atoms with Crippen LogP contribution in [-0.2, 0) is 11.4 Å². The first-order chi connectivity index (χ1) is 16.4. The highest BCUT2D eigenvalue weighted by atomic mass is 35.5. The van der Waals surface area contributed by atoms with Gasteiger partial charge in [-0.15, -0.1) is 0 Å². The van der Waals surface area contributed by atoms with E-state index in [9.17, 15) is 4.79 Å². The first-order valence-electron chi connectivity index (χ1n) is 10.9. The van der Waals surface area contributed by atoms with Crippen molar-refractivity contribution in [1.29, 1.82) is 0 Å². The lowest BCUT2D eigenvalue weighted by molar-refractivity contribution is -0.123. The van der Waals surface area contributed by atoms with E-state index in [2.05, 4.69) is 0 Å². The van der Waals surface area contributed by atoms with Gasteiger partial charge in [-0.25, -0.2) is 4.99 Å². The topological polar surface area (TPSA) is 51.1 Å². The second-order valence-corrected chi connectivity index (χ2v) is 9.38. The van der Waals surface area contributed by atoms with Gasteiger partial charge in [0.2, 0.25) is 0 Å². The summed E-state index contributed by atoms with van der Waals surface area (Å²) < 4.78 is 11.5. The smallest absolute Gasteiger partial charge is 0.266 e. The lowest BCUT2D eigenvalue weighted by atomic mass is 10.1. The number of carbonyl (C=O) groups excluding carboxylic acids is 1. The third kappa shape index (κ3) is 5.64. The molecule has 1 saturated heterocycles. The zero-order valence-corrected chi connectivity index (χ0v) is 20.8. The van der Waals surface area contributed by atoms with Crippen molar-refractivity contribution < 1.29 is 14.3 Å². The predicted molar refractivity (Wildman–Crippen MR) is 140 cm³/mol. The number of amides is 1. The molecule has 7 heteroatoms. The van der Waals surface area contributed by atoms with Crippen LogP contribution in [0.4, 0.5) is 5.69 Å². The van der Waals surface area contributed by atoms with E-state index in [4.69, 9.17) is 26.1 Å². The summed E-state index contributed by atoms with van der Waals surface area (Å²) in [6.45, 7) is 4.36. The summed E-state index contributed by atoms with van der Waals surface area (Å²) in [5.41, 5.74) is 2.66. The summed E-state index contributed by atoms with van der Waals surface area (Å²) in [6, 6.07) is 22.8. The van der Waals surface area contributed by atoms with Gasteiger partial charge in [0.15, 0.2) is 16.7 Å². The Morgan fingerprint density at radius 3 is 2.44 bits per heavy atom. The van der Waals surface area contributed by atoms with Gasteiger partial charge in [-0.3, -0.25) is 9.69 Å². The maximum Gasteiger partial charge on any atom is 0.266 e. The van der Waals surface area contributed by atoms with Crippen LogP contribution in [0.15, 0.2) is 82.7 Å². The maximum absolute atomic E-state index is 13.1. The molecule has 3 aromatic rings. The summed E-state index contributed by atoms with van der Waals surface area (Å²) in [7, 11) is 1.60. The molecule has 0 radical (unpaired) electrons. The molecule has 0 aromatic heterocycles. The molecule has 0 spiro atoms. The van der Waals surface area contributed by atoms with Gasteiger partial charge in [0, 0.05) is 11.1 Å². The minimum atomic E-state index is -0.0586. The van der Waals surface area contributed by atoms with Gasteiger partial charge < -0.3 is 9.47 Å². The molecule has 174 valence electrons. The standard InChI is InChI=1S/C27H25ClN2O3S/c1-18(2)30-26(31)25(34-27(30)29-22-7-5-4-6-8-22)16-20-11-14-23(24(15-20)32-3)33-17-19-9-12-21(28)13-10-19/h4-16,18H,17H2,1-3H3/b25-16+,29-27?. The molecular formula is C27H25ClN2O3S. The van der Waals surface area contributed by atoms with Crippen molar-refractivity contribution in [3.05, 3.63) is 93.9 Å². The molecule has 3 aromatic carbocycles. The molecular weight excluding hydrogens is 468 g/mol. The Hall–Kier alpha value is -3.22. The van der Waals surface area contributed by atoms with Crippen LogP contribution in [0.3, 0.4) is 0 Å². The Bertz CT molecular complexity index is 1220. The fraction of sp³-hybridized carbons (Fsp3) is 0.185. The highest BCUT2D eigenvalue weighted by molar-refractivity contribution is 8.18. The van der Waals surface area contributed by atoms with E-state index in [1.54, 1.807) is 12.0 Å². The summed E-state index contributed by atoms with van der Waals surface area (Å²) in [6.07, 6.45) is 1.86. The number of aliphatic imine (C=N–C) groups is 1. The molecule has 0 bridgehead atoms. The molecule has 34 heavy (non-hydrogen) atoms. The zero-order valence-electron chi connectivity index (χ0n) is 19.2. The zero-order chi connectivity index (χ0) is 24.1. The van der Waals surface area contributed by atoms with E-state index >= 15 is 0 Å². The summed E-state index contributed by atoms with van der Waals surface area (Å²) in [5.74, 6) is 1.16. The molecule has 1 aliphatic heterocycles. The average molecular weight is 493 g/mol. The van der Waals surface area contributed by atoms with Crippen LogP contribution >= 0.6 is 23.4 Å². The Balaban J connectivity index is 1.56. The van der Waals surface area contributed by atoms with E-state index in [0.717, 1.165) is 16.8 Å². The molecule has 0 saturated carbocycles. The number of amidine groups is 1. The van der Waals surface area contributed by atoms with Crippen molar-refractivity contribution in [2.45, 2.75) is 26.5 Å². The van der Waals surface area contributed by atoms with Crippen molar-refractivity contribution in [1.82, 2.24) is 4.90 Å². The largest absolute Gasteiger partial charge is 0.493 e. The summed E-state index contributed by atoms with van der Waals surface area (Å²) in [5, 5.41) is 1.36. The predicted octanol–water partition coefficient (Wildman–Crippen LogP) is 6.94. The molecule has 1 heterocycles. The van der Waals surface area contributed by atoms with Gasteiger partial charge in [-0.05, 0) is 79.2 Å². The first kappa shape index (κ1) is 23.9. The number of nitrogens with zero attached hydrogens (tertiary/aromatic N) is 2. The van der Waals surface area contributed by atoms with Crippen LogP contribution in [0.2, 0.25) is 5.02 Å². The summed E-state index contributed by atoms with van der Waals surface area (Å²) >= 11 is 7.32. The number of ether oxygens (including phenoxy) is 2. The van der Waals surface area contributed by atoms with E-state index in [0.29, 0.717) is 33.2 Å². The lowest BCUT2D eigenvalue weighted by Crippen LogP contribution is -2.35. The van der Waals surface area contributed by atoms with Gasteiger partial charge in [-0.2, -0.15) is 0 Å². The van der Waals surface area contributed by atoms with Gasteiger partial charge in [0.25, 0.3) is 5.91 Å². The number of benzene rings is 3. The normalized spacial score (nSPS) is 16.0. The number of methoxy groups -OCH3 is 1. The number of thioether (sulfide) groups is 1. The molecule has 5 nitrogen and oxygen atoms in total. The second-order valence-electron chi connectivity index (χ2n) is 7.93. The van der Waals surface area contributed by atoms with Crippen molar-refractivity contribution in [3.8, 4) is 11.5 Å². The van der Waals surface area contributed by atoms with Crippen LogP contribution in [-0.4, -0.2) is 29.1 Å².